The van der Waals surface area contributed by atoms with Crippen molar-refractivity contribution in [2.75, 3.05) is 0 Å². The molecule has 2 heterocycles. The van der Waals surface area contributed by atoms with E-state index in [1.165, 1.54) is 11.3 Å². The monoisotopic (exact) mass is 427 g/mol. The molecule has 0 saturated carbocycles. The Morgan fingerprint density at radius 2 is 2.19 bits per heavy atom. The molecule has 0 saturated heterocycles. The number of aromatic nitrogens is 2. The minimum Gasteiger partial charge on any atom is -1.00 e. The summed E-state index contributed by atoms with van der Waals surface area (Å²) in [6, 6.07) is 3.72. The Labute approximate surface area is 151 Å². The fourth-order valence-corrected chi connectivity index (χ4v) is 2.78. The first-order valence-electron chi connectivity index (χ1n) is 5.48. The predicted molar refractivity (Wildman–Crippen MR) is 79.2 cm³/mol. The third-order valence-corrected chi connectivity index (χ3v) is 4.04. The van der Waals surface area contributed by atoms with Gasteiger partial charge in [0.2, 0.25) is 16.5 Å². The third-order valence-electron chi connectivity index (χ3n) is 2.64. The summed E-state index contributed by atoms with van der Waals surface area (Å²) in [4.78, 5) is 15.1. The zero-order valence-electron chi connectivity index (χ0n) is 10.7. The van der Waals surface area contributed by atoms with Crippen LogP contribution >= 0.6 is 46.1 Å². The molecule has 0 atom stereocenters. The number of ketones is 1. The number of thiazole rings is 1. The van der Waals surface area contributed by atoms with Crippen LogP contribution in [0, 0.1) is 11.3 Å². The average Bonchev–Trinajstić information content (AvgIpc) is 2.94. The Hall–Kier alpha value is -0.580. The van der Waals surface area contributed by atoms with Gasteiger partial charge < -0.3 is 21.5 Å². The summed E-state index contributed by atoms with van der Waals surface area (Å²) in [6.07, 6.45) is 2.08. The lowest BCUT2D eigenvalue weighted by atomic mass is 10.2. The summed E-state index contributed by atoms with van der Waals surface area (Å²) in [5.41, 5.74) is 1.92. The van der Waals surface area contributed by atoms with Crippen LogP contribution in [0.15, 0.2) is 17.6 Å². The second-order valence-electron chi connectivity index (χ2n) is 4.08. The molecule has 0 amide bonds. The van der Waals surface area contributed by atoms with Gasteiger partial charge in [0.05, 0.1) is 22.7 Å². The molecule has 112 valence electrons. The van der Waals surface area contributed by atoms with Crippen molar-refractivity contribution in [3.8, 4) is 17.3 Å². The summed E-state index contributed by atoms with van der Waals surface area (Å²) in [5, 5.41) is 11.4. The van der Waals surface area contributed by atoms with Crippen LogP contribution in [0.2, 0.25) is 0 Å². The molecule has 0 aliphatic heterocycles. The maximum absolute atomic E-state index is 12.0. The molecular formula is C12H9BrCl3N3OS. The second-order valence-corrected chi connectivity index (χ2v) is 7.33. The minimum atomic E-state index is -1.98. The molecule has 1 N–H and O–H groups in total. The molecule has 0 spiro atoms. The number of Topliss-reactive ketones (excluding diaryl/α,β-unsaturated/α-hetero) is 1. The molecule has 0 aromatic carbocycles. The number of H-pyrrole nitrogens is 1. The van der Waals surface area contributed by atoms with E-state index in [-0.39, 0.29) is 17.0 Å². The van der Waals surface area contributed by atoms with Gasteiger partial charge in [0.15, 0.2) is 0 Å². The van der Waals surface area contributed by atoms with E-state index in [1.54, 1.807) is 23.9 Å². The van der Waals surface area contributed by atoms with Gasteiger partial charge in [-0.3, -0.25) is 4.79 Å². The van der Waals surface area contributed by atoms with Crippen molar-refractivity contribution in [2.24, 2.45) is 7.05 Å². The molecule has 0 unspecified atom stereocenters. The van der Waals surface area contributed by atoms with E-state index in [1.807, 2.05) is 5.38 Å². The number of rotatable bonds is 3. The van der Waals surface area contributed by atoms with Crippen LogP contribution in [-0.2, 0) is 13.5 Å². The summed E-state index contributed by atoms with van der Waals surface area (Å²) in [7, 11) is 1.70. The molecule has 0 aliphatic rings. The highest BCUT2D eigenvalue weighted by Crippen LogP contribution is 2.32. The fourth-order valence-electron chi connectivity index (χ4n) is 1.72. The fraction of sp³-hybridized carbons (Fsp3) is 0.250. The van der Waals surface area contributed by atoms with E-state index in [0.717, 1.165) is 16.3 Å². The van der Waals surface area contributed by atoms with Gasteiger partial charge >= 0.3 is 0 Å². The first kappa shape index (κ1) is 18.5. The number of nitriles is 1. The van der Waals surface area contributed by atoms with E-state index in [2.05, 4.69) is 11.1 Å². The first-order chi connectivity index (χ1) is 9.32. The highest BCUT2D eigenvalue weighted by atomic mass is 79.9. The van der Waals surface area contributed by atoms with E-state index < -0.39 is 9.58 Å². The Bertz CT molecular complexity index is 699. The van der Waals surface area contributed by atoms with Crippen LogP contribution in [-0.4, -0.2) is 14.1 Å². The Morgan fingerprint density at radius 3 is 2.76 bits per heavy atom. The maximum Gasteiger partial charge on any atom is 0.255 e. The second kappa shape index (κ2) is 7.12. The first-order valence-corrected chi connectivity index (χ1v) is 7.49. The van der Waals surface area contributed by atoms with Crippen molar-refractivity contribution in [3.63, 3.8) is 0 Å². The number of carbonyl (C=O) groups excluding carboxylic acids is 1. The summed E-state index contributed by atoms with van der Waals surface area (Å²) in [5.74, 6) is -0.580. The van der Waals surface area contributed by atoms with Crippen molar-refractivity contribution >= 4 is 51.9 Å². The number of halogens is 4. The van der Waals surface area contributed by atoms with Gasteiger partial charge in [0.25, 0.3) is 3.79 Å². The lowest BCUT2D eigenvalue weighted by Crippen LogP contribution is -3.00. The van der Waals surface area contributed by atoms with Crippen molar-refractivity contribution in [1.82, 2.24) is 4.57 Å². The molecule has 2 aromatic heterocycles. The molecule has 0 bridgehead atoms. The van der Waals surface area contributed by atoms with Crippen LogP contribution in [0.3, 0.4) is 0 Å². The summed E-state index contributed by atoms with van der Waals surface area (Å²) in [6.45, 7) is 0. The lowest BCUT2D eigenvalue weighted by Gasteiger charge is -2.09. The molecular weight excluding hydrogens is 420 g/mol. The van der Waals surface area contributed by atoms with E-state index >= 15 is 0 Å². The van der Waals surface area contributed by atoms with Crippen molar-refractivity contribution < 1.29 is 26.8 Å². The van der Waals surface area contributed by atoms with Crippen LogP contribution in [0.25, 0.3) is 11.3 Å². The average molecular weight is 430 g/mol. The van der Waals surface area contributed by atoms with Crippen molar-refractivity contribution in [3.05, 3.63) is 28.3 Å². The van der Waals surface area contributed by atoms with E-state index in [9.17, 15) is 4.79 Å². The van der Waals surface area contributed by atoms with E-state index in [4.69, 9.17) is 40.1 Å². The highest BCUT2D eigenvalue weighted by molar-refractivity contribution is 7.09. The molecule has 2 rings (SSSR count). The topological polar surface area (TPSA) is 59.9 Å². The van der Waals surface area contributed by atoms with Gasteiger partial charge in [-0.2, -0.15) is 10.2 Å². The van der Waals surface area contributed by atoms with Crippen LogP contribution in [0.5, 0.6) is 0 Å². The van der Waals surface area contributed by atoms with Gasteiger partial charge in [-0.05, 0) is 6.07 Å². The van der Waals surface area contributed by atoms with E-state index in [0.29, 0.717) is 12.1 Å². The number of hydrogen-bond acceptors (Lipinski definition) is 3. The number of nitrogens with zero attached hydrogens (tertiary/aromatic N) is 2. The van der Waals surface area contributed by atoms with Gasteiger partial charge in [0.1, 0.15) is 6.42 Å². The smallest absolute Gasteiger partial charge is 0.255 e. The molecule has 2 aromatic rings. The summed E-state index contributed by atoms with van der Waals surface area (Å²) < 4.78 is -0.372. The van der Waals surface area contributed by atoms with Crippen LogP contribution < -0.4 is 22.0 Å². The molecule has 21 heavy (non-hydrogen) atoms. The lowest BCUT2D eigenvalue weighted by molar-refractivity contribution is -0.368. The molecule has 0 aliphatic carbocycles. The SMILES string of the molecule is Cn1cc(-c2csc(CC#N)[nH+]2)cc1C(=O)C(Cl)(Cl)Cl.[Br-]. The zero-order valence-corrected chi connectivity index (χ0v) is 15.3. The highest BCUT2D eigenvalue weighted by Gasteiger charge is 2.34. The van der Waals surface area contributed by atoms with Crippen LogP contribution in [0.1, 0.15) is 15.5 Å². The number of aromatic amines is 1. The Balaban J connectivity index is 0.00000220. The van der Waals surface area contributed by atoms with Gasteiger partial charge in [-0.25, -0.2) is 0 Å². The Morgan fingerprint density at radius 1 is 1.52 bits per heavy atom. The van der Waals surface area contributed by atoms with Crippen LogP contribution in [0.4, 0.5) is 0 Å². The minimum absolute atomic E-state index is 0. The quantitative estimate of drug-likeness (QED) is 0.517. The number of aryl methyl sites for hydroxylation is 1. The molecule has 9 heteroatoms. The standard InChI is InChI=1S/C12H8Cl3N3OS.BrH/c1-18-5-7(4-9(18)11(19)12(13,14)15)8-6-20-10(17-8)2-3-16;/h4-6H,2H2,1H3;1H. The molecule has 4 nitrogen and oxygen atoms in total. The largest absolute Gasteiger partial charge is 1.00 e. The number of nitrogens with one attached hydrogen (secondary N) is 1. The van der Waals surface area contributed by atoms with Crippen molar-refractivity contribution in [2.45, 2.75) is 10.2 Å². The zero-order chi connectivity index (χ0) is 14.9. The third kappa shape index (κ3) is 4.21. The number of hydrogen-bond donors (Lipinski definition) is 0. The molecule has 0 radical (unpaired) electrons. The summed E-state index contributed by atoms with van der Waals surface area (Å²) >= 11 is 18.3. The number of carbonyl (C=O) groups is 1. The maximum atomic E-state index is 12.0. The van der Waals surface area contributed by atoms with Gasteiger partial charge in [-0.1, -0.05) is 46.1 Å². The van der Waals surface area contributed by atoms with Crippen molar-refractivity contribution in [1.29, 1.82) is 5.26 Å². The normalized spacial score (nSPS) is 10.8. The Kier molecular flexibility index (Phi) is 6.26. The number of alkyl halides is 3. The van der Waals surface area contributed by atoms with Gasteiger partial charge in [0, 0.05) is 13.2 Å². The predicted octanol–water partition coefficient (Wildman–Crippen LogP) is 0.191. The van der Waals surface area contributed by atoms with Gasteiger partial charge in [-0.15, -0.1) is 0 Å². The molecule has 0 fully saturated rings.